The first-order chi connectivity index (χ1) is 20.3. The number of carbonyl (C=O) groups is 2. The first-order valence-corrected chi connectivity index (χ1v) is 14.4. The molecule has 1 unspecified atom stereocenters. The Kier molecular flexibility index (Phi) is 7.77. The van der Waals surface area contributed by atoms with Gasteiger partial charge in [0.25, 0.3) is 0 Å². The molecule has 1 saturated heterocycles. The predicted molar refractivity (Wildman–Crippen MR) is 162 cm³/mol. The normalized spacial score (nSPS) is 21.0. The second-order valence-electron chi connectivity index (χ2n) is 10.2. The highest BCUT2D eigenvalue weighted by Crippen LogP contribution is 2.58. The number of nitrogens with one attached hydrogen (secondary N) is 2. The molecule has 2 amide bonds. The standard InChI is InChI=1S/C32H25Cl3N2O5/c33-19-3-1-2-18(14-19)26-17-29(39)37-30(32(26)25-10-4-21(35)16-27(25)36-31(32)40)24-15-20(34)5-11-28(24)42-23-8-6-22(7-9-23)41-13-12-38/h1-11,14-16,26,30,38H,12-13,17H2,(H,36,40)(H,37,39)/t26-,30+,32?/m0/s1. The van der Waals surface area contributed by atoms with Crippen LogP contribution in [-0.4, -0.2) is 30.1 Å². The Labute approximate surface area is 257 Å². The molecule has 4 aromatic carbocycles. The van der Waals surface area contributed by atoms with Gasteiger partial charge in [-0.2, -0.15) is 0 Å². The van der Waals surface area contributed by atoms with Crippen LogP contribution in [0, 0.1) is 0 Å². The van der Waals surface area contributed by atoms with Gasteiger partial charge in [0.05, 0.1) is 12.6 Å². The Hall–Kier alpha value is -3.75. The average Bonchev–Trinajstić information content (AvgIpc) is 3.25. The average molecular weight is 624 g/mol. The molecule has 1 spiro atoms. The fourth-order valence-electron chi connectivity index (χ4n) is 6.00. The minimum Gasteiger partial charge on any atom is -0.491 e. The van der Waals surface area contributed by atoms with Crippen LogP contribution < -0.4 is 20.1 Å². The molecule has 42 heavy (non-hydrogen) atoms. The summed E-state index contributed by atoms with van der Waals surface area (Å²) in [5.41, 5.74) is 1.26. The minimum absolute atomic E-state index is 0.0540. The molecule has 0 aliphatic carbocycles. The number of amides is 2. The Morgan fingerprint density at radius 1 is 0.857 bits per heavy atom. The van der Waals surface area contributed by atoms with E-state index in [1.807, 2.05) is 18.2 Å². The summed E-state index contributed by atoms with van der Waals surface area (Å²) in [7, 11) is 0. The van der Waals surface area contributed by atoms with E-state index in [1.165, 1.54) is 0 Å². The molecular weight excluding hydrogens is 599 g/mol. The maximum absolute atomic E-state index is 14.3. The third-order valence-electron chi connectivity index (χ3n) is 7.70. The Morgan fingerprint density at radius 2 is 1.57 bits per heavy atom. The second kappa shape index (κ2) is 11.5. The molecule has 7 nitrogen and oxygen atoms in total. The van der Waals surface area contributed by atoms with Gasteiger partial charge in [-0.25, -0.2) is 0 Å². The number of hydrogen-bond acceptors (Lipinski definition) is 5. The lowest BCUT2D eigenvalue weighted by Gasteiger charge is -2.46. The molecule has 10 heteroatoms. The molecule has 3 atom stereocenters. The van der Waals surface area contributed by atoms with Crippen molar-refractivity contribution < 1.29 is 24.2 Å². The summed E-state index contributed by atoms with van der Waals surface area (Å²) in [6, 6.07) is 23.7. The van der Waals surface area contributed by atoms with Gasteiger partial charge >= 0.3 is 0 Å². The van der Waals surface area contributed by atoms with Crippen LogP contribution in [0.4, 0.5) is 5.69 Å². The maximum atomic E-state index is 14.3. The fourth-order valence-corrected chi connectivity index (χ4v) is 6.55. The van der Waals surface area contributed by atoms with Gasteiger partial charge in [0.1, 0.15) is 29.3 Å². The lowest BCUT2D eigenvalue weighted by Crippen LogP contribution is -2.56. The van der Waals surface area contributed by atoms with E-state index in [0.29, 0.717) is 49.1 Å². The van der Waals surface area contributed by atoms with E-state index in [0.717, 1.165) is 5.56 Å². The number of piperidine rings is 1. The van der Waals surface area contributed by atoms with Crippen molar-refractivity contribution in [2.45, 2.75) is 23.8 Å². The number of ether oxygens (including phenoxy) is 2. The van der Waals surface area contributed by atoms with Crippen LogP contribution in [0.3, 0.4) is 0 Å². The van der Waals surface area contributed by atoms with Gasteiger partial charge in [0.15, 0.2) is 0 Å². The molecule has 0 saturated carbocycles. The third-order valence-corrected chi connectivity index (χ3v) is 8.40. The van der Waals surface area contributed by atoms with Gasteiger partial charge < -0.3 is 25.2 Å². The summed E-state index contributed by atoms with van der Waals surface area (Å²) >= 11 is 19.3. The lowest BCUT2D eigenvalue weighted by molar-refractivity contribution is -0.131. The zero-order valence-corrected chi connectivity index (χ0v) is 24.3. The first-order valence-electron chi connectivity index (χ1n) is 13.3. The molecule has 0 radical (unpaired) electrons. The van der Waals surface area contributed by atoms with Crippen molar-refractivity contribution in [2.24, 2.45) is 0 Å². The summed E-state index contributed by atoms with van der Waals surface area (Å²) in [6.07, 6.45) is 0.0540. The molecule has 1 fully saturated rings. The highest BCUT2D eigenvalue weighted by Gasteiger charge is 2.61. The van der Waals surface area contributed by atoms with Crippen molar-refractivity contribution in [2.75, 3.05) is 18.5 Å². The SMILES string of the molecule is O=C1C[C@@H](c2cccc(Cl)c2)C2(C(=O)Nc3cc(Cl)ccc32)[C@@H](c2cc(Cl)ccc2Oc2ccc(OCCO)cc2)N1. The molecule has 2 heterocycles. The topological polar surface area (TPSA) is 96.9 Å². The molecule has 4 aromatic rings. The van der Waals surface area contributed by atoms with Crippen LogP contribution in [0.1, 0.15) is 35.1 Å². The van der Waals surface area contributed by atoms with Crippen molar-refractivity contribution in [3.8, 4) is 17.2 Å². The van der Waals surface area contributed by atoms with Gasteiger partial charge in [-0.1, -0.05) is 53.0 Å². The number of benzene rings is 4. The summed E-state index contributed by atoms with van der Waals surface area (Å²) < 4.78 is 11.8. The summed E-state index contributed by atoms with van der Waals surface area (Å²) in [6.45, 7) is 0.0773. The number of hydrogen-bond donors (Lipinski definition) is 3. The Morgan fingerprint density at radius 3 is 2.33 bits per heavy atom. The first kappa shape index (κ1) is 28.4. The highest BCUT2D eigenvalue weighted by molar-refractivity contribution is 6.31. The van der Waals surface area contributed by atoms with E-state index in [4.69, 9.17) is 49.4 Å². The monoisotopic (exact) mass is 622 g/mol. The molecule has 3 N–H and O–H groups in total. The molecule has 0 aromatic heterocycles. The van der Waals surface area contributed by atoms with Gasteiger partial charge in [-0.15, -0.1) is 0 Å². The van der Waals surface area contributed by atoms with E-state index >= 15 is 0 Å². The van der Waals surface area contributed by atoms with Crippen LogP contribution in [-0.2, 0) is 15.0 Å². The molecule has 2 aliphatic rings. The second-order valence-corrected chi connectivity index (χ2v) is 11.5. The highest BCUT2D eigenvalue weighted by atomic mass is 35.5. The number of aliphatic hydroxyl groups is 1. The van der Waals surface area contributed by atoms with E-state index in [-0.39, 0.29) is 31.4 Å². The van der Waals surface area contributed by atoms with Gasteiger partial charge in [0.2, 0.25) is 11.8 Å². The van der Waals surface area contributed by atoms with Gasteiger partial charge in [-0.05, 0) is 77.9 Å². The minimum atomic E-state index is -1.29. The van der Waals surface area contributed by atoms with Crippen LogP contribution in [0.2, 0.25) is 15.1 Å². The molecule has 6 rings (SSSR count). The summed E-state index contributed by atoms with van der Waals surface area (Å²) in [5.74, 6) is 0.393. The molecule has 0 bridgehead atoms. The van der Waals surface area contributed by atoms with Gasteiger partial charge in [-0.3, -0.25) is 9.59 Å². The fraction of sp³-hybridized carbons (Fsp3) is 0.188. The summed E-state index contributed by atoms with van der Waals surface area (Å²) in [4.78, 5) is 27.7. The van der Waals surface area contributed by atoms with E-state index in [2.05, 4.69) is 10.6 Å². The maximum Gasteiger partial charge on any atom is 0.238 e. The Balaban J connectivity index is 1.52. The van der Waals surface area contributed by atoms with Crippen molar-refractivity contribution in [1.82, 2.24) is 5.32 Å². The largest absolute Gasteiger partial charge is 0.491 e. The van der Waals surface area contributed by atoms with Crippen LogP contribution in [0.5, 0.6) is 17.2 Å². The van der Waals surface area contributed by atoms with Crippen molar-refractivity contribution in [3.05, 3.63) is 117 Å². The number of carbonyl (C=O) groups excluding carboxylic acids is 2. The van der Waals surface area contributed by atoms with E-state index in [9.17, 15) is 9.59 Å². The van der Waals surface area contributed by atoms with Crippen molar-refractivity contribution >= 4 is 52.3 Å². The third kappa shape index (κ3) is 5.07. The number of anilines is 1. The Bertz CT molecular complexity index is 1680. The molecule has 214 valence electrons. The van der Waals surface area contributed by atoms with Crippen molar-refractivity contribution in [3.63, 3.8) is 0 Å². The van der Waals surface area contributed by atoms with Crippen molar-refractivity contribution in [1.29, 1.82) is 0 Å². The number of halogens is 3. The smallest absolute Gasteiger partial charge is 0.238 e. The van der Waals surface area contributed by atoms with E-state index in [1.54, 1.807) is 66.7 Å². The van der Waals surface area contributed by atoms with Gasteiger partial charge in [0, 0.05) is 38.7 Å². The van der Waals surface area contributed by atoms with E-state index < -0.39 is 17.4 Å². The number of fused-ring (bicyclic) bond motifs is 2. The zero-order valence-electron chi connectivity index (χ0n) is 22.1. The number of rotatable bonds is 7. The van der Waals surface area contributed by atoms with Crippen LogP contribution in [0.25, 0.3) is 0 Å². The lowest BCUT2D eigenvalue weighted by atomic mass is 9.59. The zero-order chi connectivity index (χ0) is 29.4. The van der Waals surface area contributed by atoms with Crippen LogP contribution >= 0.6 is 34.8 Å². The summed E-state index contributed by atoms with van der Waals surface area (Å²) in [5, 5.41) is 16.5. The number of aliphatic hydroxyl groups excluding tert-OH is 1. The molecule has 2 aliphatic heterocycles. The van der Waals surface area contributed by atoms with Crippen LogP contribution in [0.15, 0.2) is 84.9 Å². The quantitative estimate of drug-likeness (QED) is 0.205. The molecular formula is C32H25Cl3N2O5. The predicted octanol–water partition coefficient (Wildman–Crippen LogP) is 7.05.